The van der Waals surface area contributed by atoms with E-state index in [1.165, 1.54) is 18.3 Å². The molecule has 0 saturated heterocycles. The molecule has 0 radical (unpaired) electrons. The molecule has 3 rings (SSSR count). The van der Waals surface area contributed by atoms with E-state index < -0.39 is 10.8 Å². The number of aromatic nitrogens is 2. The molecule has 0 aliphatic carbocycles. The molecule has 1 N–H and O–H groups in total. The number of benzene rings is 2. The third-order valence-electron chi connectivity index (χ3n) is 4.45. The Kier molecular flexibility index (Phi) is 6.37. The third-order valence-corrected chi connectivity index (χ3v) is 4.65. The highest BCUT2D eigenvalue weighted by Gasteiger charge is 2.18. The van der Waals surface area contributed by atoms with Gasteiger partial charge < -0.3 is 10.1 Å². The molecule has 0 saturated carbocycles. The van der Waals surface area contributed by atoms with Crippen molar-refractivity contribution in [2.24, 2.45) is 5.92 Å². The summed E-state index contributed by atoms with van der Waals surface area (Å²) in [5.74, 6) is 0.111. The minimum atomic E-state index is -0.527. The molecule has 9 heteroatoms. The van der Waals surface area contributed by atoms with Gasteiger partial charge in [0.25, 0.3) is 5.69 Å². The lowest BCUT2D eigenvalue weighted by Gasteiger charge is -2.14. The predicted octanol–water partition coefficient (Wildman–Crippen LogP) is 5.13. The van der Waals surface area contributed by atoms with E-state index in [1.54, 1.807) is 23.9 Å². The van der Waals surface area contributed by atoms with E-state index in [9.17, 15) is 14.9 Å². The second kappa shape index (κ2) is 8.96. The third kappa shape index (κ3) is 5.36. The van der Waals surface area contributed by atoms with Crippen LogP contribution in [0.4, 0.5) is 11.4 Å². The van der Waals surface area contributed by atoms with Gasteiger partial charge in [-0.25, -0.2) is 0 Å². The summed E-state index contributed by atoms with van der Waals surface area (Å²) in [6.45, 7) is 5.87. The summed E-state index contributed by atoms with van der Waals surface area (Å²) < 4.78 is 7.44. The van der Waals surface area contributed by atoms with Gasteiger partial charge in [0, 0.05) is 18.3 Å². The number of nitrogens with zero attached hydrogens (tertiary/aromatic N) is 3. The van der Waals surface area contributed by atoms with E-state index in [1.807, 2.05) is 32.0 Å². The molecule has 156 valence electrons. The summed E-state index contributed by atoms with van der Waals surface area (Å²) in [6.07, 6.45) is 3.11. The highest BCUT2D eigenvalue weighted by atomic mass is 35.5. The van der Waals surface area contributed by atoms with Crippen LogP contribution in [-0.2, 0) is 11.3 Å². The largest absolute Gasteiger partial charge is 0.457 e. The van der Waals surface area contributed by atoms with Crippen LogP contribution in [0.5, 0.6) is 11.5 Å². The standard InChI is InChI=1S/C21H21ClN4O4/c1-13-4-5-14(2)20(6-13)30-19-8-17(7-18(9-19)26(28)29)24-21(27)15(3)11-25-12-16(22)10-23-25/h4-10,12,15H,11H2,1-3H3,(H,24,27). The average molecular weight is 429 g/mol. The fraction of sp³-hybridized carbons (Fsp3) is 0.238. The summed E-state index contributed by atoms with van der Waals surface area (Å²) in [7, 11) is 0. The second-order valence-corrected chi connectivity index (χ2v) is 7.55. The Labute approximate surface area is 178 Å². The van der Waals surface area contributed by atoms with Crippen LogP contribution in [0.2, 0.25) is 5.02 Å². The topological polar surface area (TPSA) is 99.3 Å². The van der Waals surface area contributed by atoms with Gasteiger partial charge in [-0.2, -0.15) is 5.10 Å². The van der Waals surface area contributed by atoms with Crippen molar-refractivity contribution in [3.63, 3.8) is 0 Å². The summed E-state index contributed by atoms with van der Waals surface area (Å²) in [5.41, 5.74) is 1.99. The fourth-order valence-electron chi connectivity index (χ4n) is 2.83. The average Bonchev–Trinajstić information content (AvgIpc) is 3.09. The van der Waals surface area contributed by atoms with Gasteiger partial charge in [0.15, 0.2) is 0 Å². The molecular weight excluding hydrogens is 408 g/mol. The maximum atomic E-state index is 12.6. The van der Waals surface area contributed by atoms with Crippen LogP contribution in [-0.4, -0.2) is 20.6 Å². The van der Waals surface area contributed by atoms with Gasteiger partial charge in [-0.05, 0) is 31.0 Å². The molecule has 3 aromatic rings. The first-order chi connectivity index (χ1) is 14.2. The van der Waals surface area contributed by atoms with Crippen molar-refractivity contribution in [1.82, 2.24) is 9.78 Å². The maximum Gasteiger partial charge on any atom is 0.275 e. The lowest BCUT2D eigenvalue weighted by atomic mass is 10.1. The number of carbonyl (C=O) groups excluding carboxylic acids is 1. The Bertz CT molecular complexity index is 1100. The van der Waals surface area contributed by atoms with Crippen LogP contribution in [0.1, 0.15) is 18.1 Å². The lowest BCUT2D eigenvalue weighted by molar-refractivity contribution is -0.384. The van der Waals surface area contributed by atoms with Gasteiger partial charge in [0.2, 0.25) is 5.91 Å². The summed E-state index contributed by atoms with van der Waals surface area (Å²) in [4.78, 5) is 23.4. The van der Waals surface area contributed by atoms with Crippen LogP contribution in [0.3, 0.4) is 0 Å². The normalized spacial score (nSPS) is 11.7. The van der Waals surface area contributed by atoms with Crippen LogP contribution in [0.15, 0.2) is 48.8 Å². The molecular formula is C21H21ClN4O4. The SMILES string of the molecule is Cc1ccc(C)c(Oc2cc(NC(=O)C(C)Cn3cc(Cl)cn3)cc([N+](=O)[O-])c2)c1. The van der Waals surface area contributed by atoms with Crippen molar-refractivity contribution in [1.29, 1.82) is 0 Å². The zero-order valence-corrected chi connectivity index (χ0v) is 17.5. The number of aryl methyl sites for hydroxylation is 2. The van der Waals surface area contributed by atoms with Gasteiger partial charge in [-0.15, -0.1) is 0 Å². The summed E-state index contributed by atoms with van der Waals surface area (Å²) in [6, 6.07) is 9.90. The van der Waals surface area contributed by atoms with Gasteiger partial charge >= 0.3 is 0 Å². The van der Waals surface area contributed by atoms with Gasteiger partial charge in [0.1, 0.15) is 11.5 Å². The van der Waals surface area contributed by atoms with E-state index >= 15 is 0 Å². The molecule has 0 aliphatic heterocycles. The highest BCUT2D eigenvalue weighted by Crippen LogP contribution is 2.32. The quantitative estimate of drug-likeness (QED) is 0.415. The molecule has 0 fully saturated rings. The number of hydrogen-bond acceptors (Lipinski definition) is 5. The zero-order chi connectivity index (χ0) is 21.8. The fourth-order valence-corrected chi connectivity index (χ4v) is 2.99. The predicted molar refractivity (Wildman–Crippen MR) is 114 cm³/mol. The Morgan fingerprint density at radius 3 is 2.73 bits per heavy atom. The molecule has 1 aromatic heterocycles. The smallest absolute Gasteiger partial charge is 0.275 e. The number of non-ortho nitro benzene ring substituents is 1. The zero-order valence-electron chi connectivity index (χ0n) is 16.8. The molecule has 1 unspecified atom stereocenters. The molecule has 1 atom stereocenters. The molecule has 2 aromatic carbocycles. The van der Waals surface area contributed by atoms with Gasteiger partial charge in [0.05, 0.1) is 40.4 Å². The van der Waals surface area contributed by atoms with Crippen molar-refractivity contribution in [2.75, 3.05) is 5.32 Å². The monoisotopic (exact) mass is 428 g/mol. The van der Waals surface area contributed by atoms with Crippen LogP contribution in [0, 0.1) is 29.9 Å². The van der Waals surface area contributed by atoms with Crippen LogP contribution < -0.4 is 10.1 Å². The number of amides is 1. The molecule has 1 heterocycles. The molecule has 30 heavy (non-hydrogen) atoms. The van der Waals surface area contributed by atoms with Crippen LogP contribution >= 0.6 is 11.6 Å². The first-order valence-corrected chi connectivity index (χ1v) is 9.62. The van der Waals surface area contributed by atoms with Crippen molar-refractivity contribution in [2.45, 2.75) is 27.3 Å². The Morgan fingerprint density at radius 1 is 1.30 bits per heavy atom. The number of nitrogens with one attached hydrogen (secondary N) is 1. The van der Waals surface area contributed by atoms with Gasteiger partial charge in [-0.3, -0.25) is 19.6 Å². The van der Waals surface area contributed by atoms with E-state index in [0.717, 1.165) is 11.1 Å². The molecule has 8 nitrogen and oxygen atoms in total. The van der Waals surface area contributed by atoms with Crippen LogP contribution in [0.25, 0.3) is 0 Å². The first-order valence-electron chi connectivity index (χ1n) is 9.24. The number of halogens is 1. The van der Waals surface area contributed by atoms with E-state index in [2.05, 4.69) is 10.4 Å². The van der Waals surface area contributed by atoms with Gasteiger partial charge in [-0.1, -0.05) is 30.7 Å². The Balaban J connectivity index is 1.80. The molecule has 0 bridgehead atoms. The first kappa shape index (κ1) is 21.3. The van der Waals surface area contributed by atoms with Crippen molar-refractivity contribution >= 4 is 28.9 Å². The number of hydrogen-bond donors (Lipinski definition) is 1. The minimum absolute atomic E-state index is 0.181. The summed E-state index contributed by atoms with van der Waals surface area (Å²) in [5, 5.41) is 18.6. The molecule has 0 spiro atoms. The van der Waals surface area contributed by atoms with E-state index in [-0.39, 0.29) is 23.0 Å². The van der Waals surface area contributed by atoms with Crippen molar-refractivity contribution in [3.8, 4) is 11.5 Å². The number of nitro groups is 1. The molecule has 0 aliphatic rings. The Morgan fingerprint density at radius 2 is 2.07 bits per heavy atom. The van der Waals surface area contributed by atoms with E-state index in [4.69, 9.17) is 16.3 Å². The Hall–Kier alpha value is -3.39. The minimum Gasteiger partial charge on any atom is -0.457 e. The van der Waals surface area contributed by atoms with Crippen molar-refractivity contribution < 1.29 is 14.5 Å². The van der Waals surface area contributed by atoms with E-state index in [0.29, 0.717) is 17.3 Å². The number of ether oxygens (including phenoxy) is 1. The number of nitro benzene ring substituents is 1. The number of carbonyl (C=O) groups is 1. The highest BCUT2D eigenvalue weighted by molar-refractivity contribution is 6.30. The number of rotatable bonds is 7. The second-order valence-electron chi connectivity index (χ2n) is 7.11. The number of anilines is 1. The summed E-state index contributed by atoms with van der Waals surface area (Å²) >= 11 is 5.84. The molecule has 1 amide bonds. The maximum absolute atomic E-state index is 12.6. The lowest BCUT2D eigenvalue weighted by Crippen LogP contribution is -2.24. The van der Waals surface area contributed by atoms with Crippen molar-refractivity contribution in [3.05, 3.63) is 75.1 Å².